The number of benzene rings is 1. The van der Waals surface area contributed by atoms with Gasteiger partial charge in [0.1, 0.15) is 18.6 Å². The fourth-order valence-electron chi connectivity index (χ4n) is 2.91. The SMILES string of the molecule is Cn1ncnc1COc1nn2c(-c3cnccn3)nnc2cc1-c1ccccc1. The minimum Gasteiger partial charge on any atom is -0.468 e. The number of fused-ring (bicyclic) bond motifs is 1. The van der Waals surface area contributed by atoms with E-state index in [9.17, 15) is 0 Å². The van der Waals surface area contributed by atoms with Crippen molar-refractivity contribution in [3.05, 3.63) is 67.1 Å². The highest BCUT2D eigenvalue weighted by Gasteiger charge is 2.17. The first-order valence-electron chi connectivity index (χ1n) is 8.83. The number of hydrogen-bond acceptors (Lipinski definition) is 8. The molecule has 0 atom stereocenters. The lowest BCUT2D eigenvalue weighted by atomic mass is 10.1. The lowest BCUT2D eigenvalue weighted by molar-refractivity contribution is 0.275. The average Bonchev–Trinajstić information content (AvgIpc) is 3.38. The van der Waals surface area contributed by atoms with Gasteiger partial charge in [-0.1, -0.05) is 30.3 Å². The molecule has 0 radical (unpaired) electrons. The third kappa shape index (κ3) is 3.16. The largest absolute Gasteiger partial charge is 0.468 e. The van der Waals surface area contributed by atoms with Gasteiger partial charge in [0.25, 0.3) is 0 Å². The summed E-state index contributed by atoms with van der Waals surface area (Å²) in [5.41, 5.74) is 2.91. The molecule has 1 aromatic carbocycles. The molecule has 5 aromatic rings. The van der Waals surface area contributed by atoms with Crippen molar-refractivity contribution in [2.75, 3.05) is 0 Å². The van der Waals surface area contributed by atoms with E-state index in [0.717, 1.165) is 11.1 Å². The van der Waals surface area contributed by atoms with Crippen LogP contribution in [0.4, 0.5) is 0 Å². The van der Waals surface area contributed by atoms with Crippen LogP contribution >= 0.6 is 0 Å². The maximum absolute atomic E-state index is 6.04. The normalized spacial score (nSPS) is 11.1. The number of aryl methyl sites for hydroxylation is 1. The third-order valence-electron chi connectivity index (χ3n) is 4.38. The van der Waals surface area contributed by atoms with Crippen molar-refractivity contribution in [3.8, 4) is 28.5 Å². The molecule has 0 fully saturated rings. The second kappa shape index (κ2) is 7.08. The van der Waals surface area contributed by atoms with Crippen molar-refractivity contribution in [1.82, 2.24) is 44.5 Å². The van der Waals surface area contributed by atoms with E-state index in [1.54, 1.807) is 27.8 Å². The summed E-state index contributed by atoms with van der Waals surface area (Å²) in [6.45, 7) is 0.220. The predicted octanol–water partition coefficient (Wildman–Crippen LogP) is 1.96. The lowest BCUT2D eigenvalue weighted by Crippen LogP contribution is -2.08. The third-order valence-corrected chi connectivity index (χ3v) is 4.38. The molecule has 4 aromatic heterocycles. The van der Waals surface area contributed by atoms with Crippen LogP contribution in [0.3, 0.4) is 0 Å². The Kier molecular flexibility index (Phi) is 4.13. The summed E-state index contributed by atoms with van der Waals surface area (Å²) in [5, 5.41) is 17.2. The lowest BCUT2D eigenvalue weighted by Gasteiger charge is -2.11. The van der Waals surface area contributed by atoms with Crippen molar-refractivity contribution in [1.29, 1.82) is 0 Å². The molecule has 0 aliphatic rings. The molecular weight excluding hydrogens is 370 g/mol. The number of hydrogen-bond donors (Lipinski definition) is 0. The van der Waals surface area contributed by atoms with E-state index in [1.165, 1.54) is 6.33 Å². The smallest absolute Gasteiger partial charge is 0.240 e. The van der Waals surface area contributed by atoms with Gasteiger partial charge in [0.15, 0.2) is 11.5 Å². The highest BCUT2D eigenvalue weighted by Crippen LogP contribution is 2.30. The molecule has 142 valence electrons. The van der Waals surface area contributed by atoms with Gasteiger partial charge in [-0.3, -0.25) is 9.67 Å². The zero-order valence-corrected chi connectivity index (χ0v) is 15.4. The average molecular weight is 385 g/mol. The fourth-order valence-corrected chi connectivity index (χ4v) is 2.91. The Hall–Kier alpha value is -4.21. The van der Waals surface area contributed by atoms with Crippen molar-refractivity contribution in [2.45, 2.75) is 6.61 Å². The Labute approximate surface area is 164 Å². The van der Waals surface area contributed by atoms with Crippen LogP contribution in [0.15, 0.2) is 61.3 Å². The Morgan fingerprint density at radius 2 is 1.93 bits per heavy atom. The van der Waals surface area contributed by atoms with Crippen molar-refractivity contribution in [2.24, 2.45) is 7.05 Å². The number of nitrogens with zero attached hydrogens (tertiary/aromatic N) is 9. The van der Waals surface area contributed by atoms with Gasteiger partial charge < -0.3 is 4.74 Å². The van der Waals surface area contributed by atoms with Crippen LogP contribution in [-0.2, 0) is 13.7 Å². The maximum atomic E-state index is 6.04. The van der Waals surface area contributed by atoms with Gasteiger partial charge in [-0.15, -0.1) is 15.3 Å². The Morgan fingerprint density at radius 3 is 2.69 bits per heavy atom. The molecule has 5 rings (SSSR count). The quantitative estimate of drug-likeness (QED) is 0.452. The second-order valence-corrected chi connectivity index (χ2v) is 6.20. The van der Waals surface area contributed by atoms with Gasteiger partial charge in [-0.25, -0.2) is 9.97 Å². The number of aromatic nitrogens is 9. The first kappa shape index (κ1) is 16.9. The highest BCUT2D eigenvalue weighted by molar-refractivity contribution is 5.72. The molecule has 10 nitrogen and oxygen atoms in total. The van der Waals surface area contributed by atoms with Crippen molar-refractivity contribution in [3.63, 3.8) is 0 Å². The molecule has 0 unspecified atom stereocenters. The minimum atomic E-state index is 0.220. The van der Waals surface area contributed by atoms with E-state index in [-0.39, 0.29) is 6.61 Å². The zero-order valence-electron chi connectivity index (χ0n) is 15.4. The van der Waals surface area contributed by atoms with Gasteiger partial charge in [0, 0.05) is 25.0 Å². The molecule has 0 bridgehead atoms. The topological polar surface area (TPSA) is 109 Å². The summed E-state index contributed by atoms with van der Waals surface area (Å²) in [6, 6.07) is 11.7. The van der Waals surface area contributed by atoms with Gasteiger partial charge in [-0.05, 0) is 11.6 Å². The highest BCUT2D eigenvalue weighted by atomic mass is 16.5. The Bertz CT molecular complexity index is 1270. The van der Waals surface area contributed by atoms with Crippen LogP contribution < -0.4 is 4.74 Å². The van der Waals surface area contributed by atoms with Gasteiger partial charge in [-0.2, -0.15) is 9.61 Å². The van der Waals surface area contributed by atoms with E-state index < -0.39 is 0 Å². The molecule has 0 aliphatic heterocycles. The first-order chi connectivity index (χ1) is 14.3. The summed E-state index contributed by atoms with van der Waals surface area (Å²) < 4.78 is 9.30. The summed E-state index contributed by atoms with van der Waals surface area (Å²) in [7, 11) is 1.81. The maximum Gasteiger partial charge on any atom is 0.240 e. The second-order valence-electron chi connectivity index (χ2n) is 6.20. The molecule has 29 heavy (non-hydrogen) atoms. The van der Waals surface area contributed by atoms with Crippen LogP contribution in [0, 0.1) is 0 Å². The first-order valence-corrected chi connectivity index (χ1v) is 8.83. The minimum absolute atomic E-state index is 0.220. The standard InChI is InChI=1S/C19H15N9O/c1-27-17(22-12-23-27)11-29-19-14(13-5-3-2-4-6-13)9-16-24-25-18(28(16)26-19)15-10-20-7-8-21-15/h2-10,12H,11H2,1H3. The fraction of sp³-hybridized carbons (Fsp3) is 0.105. The van der Waals surface area contributed by atoms with Gasteiger partial charge in [0.2, 0.25) is 11.7 Å². The van der Waals surface area contributed by atoms with E-state index in [1.807, 2.05) is 43.4 Å². The molecule has 0 saturated carbocycles. The zero-order chi connectivity index (χ0) is 19.6. The summed E-state index contributed by atoms with van der Waals surface area (Å²) in [4.78, 5) is 12.6. The van der Waals surface area contributed by atoms with Crippen LogP contribution in [0.2, 0.25) is 0 Å². The molecule has 0 saturated heterocycles. The van der Waals surface area contributed by atoms with Crippen LogP contribution in [0.1, 0.15) is 5.82 Å². The summed E-state index contributed by atoms with van der Waals surface area (Å²) >= 11 is 0. The summed E-state index contributed by atoms with van der Waals surface area (Å²) in [5.74, 6) is 1.59. The van der Waals surface area contributed by atoms with Crippen molar-refractivity contribution >= 4 is 5.65 Å². The molecular formula is C19H15N9O. The molecule has 0 amide bonds. The van der Waals surface area contributed by atoms with Gasteiger partial charge in [0.05, 0.1) is 6.20 Å². The monoisotopic (exact) mass is 385 g/mol. The van der Waals surface area contributed by atoms with E-state index in [0.29, 0.717) is 28.9 Å². The predicted molar refractivity (Wildman–Crippen MR) is 103 cm³/mol. The number of ether oxygens (including phenoxy) is 1. The van der Waals surface area contributed by atoms with Gasteiger partial charge >= 0.3 is 0 Å². The van der Waals surface area contributed by atoms with E-state index in [4.69, 9.17) is 4.74 Å². The van der Waals surface area contributed by atoms with E-state index >= 15 is 0 Å². The Balaban J connectivity index is 1.63. The van der Waals surface area contributed by atoms with Crippen molar-refractivity contribution < 1.29 is 4.74 Å². The van der Waals surface area contributed by atoms with Crippen LogP contribution in [0.5, 0.6) is 5.88 Å². The van der Waals surface area contributed by atoms with Crippen LogP contribution in [-0.4, -0.2) is 44.5 Å². The summed E-state index contributed by atoms with van der Waals surface area (Å²) in [6.07, 6.45) is 6.30. The molecule has 4 heterocycles. The Morgan fingerprint density at radius 1 is 1.03 bits per heavy atom. The molecule has 0 spiro atoms. The van der Waals surface area contributed by atoms with E-state index in [2.05, 4.69) is 35.3 Å². The number of rotatable bonds is 5. The molecule has 0 N–H and O–H groups in total. The van der Waals surface area contributed by atoms with Crippen LogP contribution in [0.25, 0.3) is 28.3 Å². The molecule has 0 aliphatic carbocycles. The molecule has 10 heteroatoms.